The van der Waals surface area contributed by atoms with Crippen molar-refractivity contribution in [1.82, 2.24) is 4.40 Å². The average Bonchev–Trinajstić information content (AvgIpc) is 3.32. The van der Waals surface area contributed by atoms with Gasteiger partial charge in [0.05, 0.1) is 29.1 Å². The fraction of sp³-hybridized carbons (Fsp3) is 0.261. The summed E-state index contributed by atoms with van der Waals surface area (Å²) in [7, 11) is 0. The minimum absolute atomic E-state index is 0.128. The van der Waals surface area contributed by atoms with Crippen LogP contribution in [0.3, 0.4) is 0 Å². The van der Waals surface area contributed by atoms with E-state index in [1.807, 2.05) is 22.7 Å². The minimum atomic E-state index is -0.437. The summed E-state index contributed by atoms with van der Waals surface area (Å²) in [6, 6.07) is 9.89. The summed E-state index contributed by atoms with van der Waals surface area (Å²) in [5.74, 6) is -0.565. The Hall–Kier alpha value is -3.59. The van der Waals surface area contributed by atoms with Crippen LogP contribution in [0.4, 0.5) is 5.69 Å². The molecule has 146 valence electrons. The van der Waals surface area contributed by atoms with Crippen molar-refractivity contribution in [2.75, 3.05) is 18.5 Å². The van der Waals surface area contributed by atoms with Crippen molar-refractivity contribution in [2.45, 2.75) is 27.2 Å². The molecule has 0 radical (unpaired) electrons. The van der Waals surface area contributed by atoms with Gasteiger partial charge in [0.15, 0.2) is 5.78 Å². The Balaban J connectivity index is 1.93. The van der Waals surface area contributed by atoms with Gasteiger partial charge in [-0.3, -0.25) is 4.79 Å². The number of benzene rings is 1. The molecule has 1 aromatic carbocycles. The highest BCUT2D eigenvalue weighted by molar-refractivity contribution is 6.01. The van der Waals surface area contributed by atoms with E-state index in [-0.39, 0.29) is 12.4 Å². The van der Waals surface area contributed by atoms with Crippen LogP contribution in [0.15, 0.2) is 30.5 Å². The van der Waals surface area contributed by atoms with Gasteiger partial charge in [-0.05, 0) is 61.2 Å². The van der Waals surface area contributed by atoms with Gasteiger partial charge >= 0.3 is 5.97 Å². The highest BCUT2D eigenvalue weighted by atomic mass is 16.5. The van der Waals surface area contributed by atoms with Gasteiger partial charge in [0.2, 0.25) is 0 Å². The standard InChI is InChI=1S/C23H21N3O3/c1-4-29-23(28)20-10-19-9-18(12-26(19)22(13(20)2)14(3)27)16-7-15-5-6-25-21(15)17(8-16)11-24/h7-10,12,25H,4-6H2,1-3H3. The lowest BCUT2D eigenvalue weighted by molar-refractivity contribution is 0.0525. The number of carbonyl (C=O) groups is 2. The van der Waals surface area contributed by atoms with Crippen molar-refractivity contribution in [3.8, 4) is 17.2 Å². The van der Waals surface area contributed by atoms with E-state index in [9.17, 15) is 14.9 Å². The Labute approximate surface area is 168 Å². The van der Waals surface area contributed by atoms with E-state index in [2.05, 4.69) is 17.5 Å². The molecular formula is C23H21N3O3. The van der Waals surface area contributed by atoms with Crippen LogP contribution < -0.4 is 5.32 Å². The van der Waals surface area contributed by atoms with E-state index in [1.54, 1.807) is 19.9 Å². The van der Waals surface area contributed by atoms with Gasteiger partial charge in [-0.2, -0.15) is 5.26 Å². The van der Waals surface area contributed by atoms with Crippen LogP contribution in [0.25, 0.3) is 16.6 Å². The first-order valence-corrected chi connectivity index (χ1v) is 9.59. The van der Waals surface area contributed by atoms with Crippen molar-refractivity contribution in [3.63, 3.8) is 0 Å². The van der Waals surface area contributed by atoms with Gasteiger partial charge in [0.1, 0.15) is 6.07 Å². The zero-order chi connectivity index (χ0) is 20.7. The van der Waals surface area contributed by atoms with Crippen LogP contribution in [-0.4, -0.2) is 29.3 Å². The number of nitrogens with one attached hydrogen (secondary N) is 1. The molecule has 2 aromatic heterocycles. The molecule has 0 fully saturated rings. The summed E-state index contributed by atoms with van der Waals surface area (Å²) >= 11 is 0. The number of pyridine rings is 1. The SMILES string of the molecule is CCOC(=O)c1cc2cc(-c3cc(C#N)c4c(c3)CCN4)cn2c(C(C)=O)c1C. The van der Waals surface area contributed by atoms with Crippen molar-refractivity contribution in [1.29, 1.82) is 5.26 Å². The molecule has 3 aromatic rings. The predicted octanol–water partition coefficient (Wildman–Crippen LogP) is 4.13. The second-order valence-electron chi connectivity index (χ2n) is 7.18. The number of rotatable bonds is 4. The fourth-order valence-corrected chi connectivity index (χ4v) is 4.05. The third-order valence-electron chi connectivity index (χ3n) is 5.34. The summed E-state index contributed by atoms with van der Waals surface area (Å²) in [6.45, 7) is 6.09. The zero-order valence-electron chi connectivity index (χ0n) is 16.6. The molecule has 0 aliphatic carbocycles. The molecule has 3 heterocycles. The molecule has 0 atom stereocenters. The number of carbonyl (C=O) groups excluding carboxylic acids is 2. The van der Waals surface area contributed by atoms with Crippen LogP contribution in [-0.2, 0) is 11.2 Å². The van der Waals surface area contributed by atoms with Crippen LogP contribution in [0.2, 0.25) is 0 Å². The lowest BCUT2D eigenvalue weighted by Gasteiger charge is -2.12. The molecule has 0 bridgehead atoms. The zero-order valence-corrected chi connectivity index (χ0v) is 16.6. The Bertz CT molecular complexity index is 1210. The lowest BCUT2D eigenvalue weighted by atomic mass is 10.00. The topological polar surface area (TPSA) is 83.6 Å². The Kier molecular flexibility index (Phi) is 4.59. The van der Waals surface area contributed by atoms with Gasteiger partial charge in [0.25, 0.3) is 0 Å². The Morgan fingerprint density at radius 1 is 1.24 bits per heavy atom. The number of nitriles is 1. The normalized spacial score (nSPS) is 12.3. The molecule has 1 N–H and O–H groups in total. The maximum atomic E-state index is 12.4. The van der Waals surface area contributed by atoms with Crippen molar-refractivity contribution >= 4 is 23.0 Å². The third kappa shape index (κ3) is 3.05. The van der Waals surface area contributed by atoms with Gasteiger partial charge in [-0.25, -0.2) is 4.79 Å². The number of ether oxygens (including phenoxy) is 1. The number of hydrogen-bond donors (Lipinski definition) is 1. The molecule has 0 spiro atoms. The highest BCUT2D eigenvalue weighted by Crippen LogP contribution is 2.34. The fourth-order valence-electron chi connectivity index (χ4n) is 4.05. The van der Waals surface area contributed by atoms with Gasteiger partial charge in [0, 0.05) is 30.7 Å². The number of anilines is 1. The molecule has 6 nitrogen and oxygen atoms in total. The number of aromatic nitrogens is 1. The maximum absolute atomic E-state index is 12.4. The summed E-state index contributed by atoms with van der Waals surface area (Å²) in [5, 5.41) is 12.8. The molecule has 4 rings (SSSR count). The maximum Gasteiger partial charge on any atom is 0.338 e. The number of nitrogens with zero attached hydrogens (tertiary/aromatic N) is 2. The first-order valence-electron chi connectivity index (χ1n) is 9.59. The first-order chi connectivity index (χ1) is 13.9. The number of ketones is 1. The minimum Gasteiger partial charge on any atom is -0.462 e. The second kappa shape index (κ2) is 7.10. The molecule has 0 unspecified atom stereocenters. The summed E-state index contributed by atoms with van der Waals surface area (Å²) in [5.41, 5.74) is 6.62. The van der Waals surface area contributed by atoms with Gasteiger partial charge in [-0.15, -0.1) is 0 Å². The predicted molar refractivity (Wildman–Crippen MR) is 110 cm³/mol. The van der Waals surface area contributed by atoms with Crippen LogP contribution in [0.5, 0.6) is 0 Å². The van der Waals surface area contributed by atoms with Crippen LogP contribution >= 0.6 is 0 Å². The summed E-state index contributed by atoms with van der Waals surface area (Å²) in [6.07, 6.45) is 2.76. The number of esters is 1. The number of Topliss-reactive ketones (excluding diaryl/α,β-unsaturated/α-hetero) is 1. The Morgan fingerprint density at radius 2 is 2.03 bits per heavy atom. The molecule has 0 amide bonds. The van der Waals surface area contributed by atoms with Crippen molar-refractivity contribution in [3.05, 3.63) is 58.4 Å². The second-order valence-corrected chi connectivity index (χ2v) is 7.18. The van der Waals surface area contributed by atoms with Gasteiger partial charge in [-0.1, -0.05) is 0 Å². The molecular weight excluding hydrogens is 366 g/mol. The third-order valence-corrected chi connectivity index (χ3v) is 5.34. The lowest BCUT2D eigenvalue weighted by Crippen LogP contribution is -2.13. The first kappa shape index (κ1) is 18.8. The molecule has 29 heavy (non-hydrogen) atoms. The average molecular weight is 387 g/mol. The van der Waals surface area contributed by atoms with Crippen LogP contribution in [0, 0.1) is 18.3 Å². The highest BCUT2D eigenvalue weighted by Gasteiger charge is 2.21. The van der Waals surface area contributed by atoms with Crippen molar-refractivity contribution < 1.29 is 14.3 Å². The van der Waals surface area contributed by atoms with Crippen molar-refractivity contribution in [2.24, 2.45) is 0 Å². The smallest absolute Gasteiger partial charge is 0.338 e. The molecule has 0 saturated heterocycles. The quantitative estimate of drug-likeness (QED) is 0.537. The summed E-state index contributed by atoms with van der Waals surface area (Å²) in [4.78, 5) is 24.8. The monoisotopic (exact) mass is 387 g/mol. The molecule has 6 heteroatoms. The van der Waals surface area contributed by atoms with E-state index in [0.29, 0.717) is 22.4 Å². The summed E-state index contributed by atoms with van der Waals surface area (Å²) < 4.78 is 6.97. The number of fused-ring (bicyclic) bond motifs is 2. The van der Waals surface area contributed by atoms with E-state index in [1.165, 1.54) is 6.92 Å². The van der Waals surface area contributed by atoms with E-state index >= 15 is 0 Å². The van der Waals surface area contributed by atoms with E-state index in [0.717, 1.165) is 40.9 Å². The largest absolute Gasteiger partial charge is 0.462 e. The molecule has 1 aliphatic heterocycles. The van der Waals surface area contributed by atoms with Crippen LogP contribution in [0.1, 0.15) is 51.4 Å². The van der Waals surface area contributed by atoms with E-state index in [4.69, 9.17) is 4.74 Å². The van der Waals surface area contributed by atoms with Gasteiger partial charge < -0.3 is 14.5 Å². The number of hydrogen-bond acceptors (Lipinski definition) is 5. The molecule has 1 aliphatic rings. The molecule has 0 saturated carbocycles. The Morgan fingerprint density at radius 3 is 2.72 bits per heavy atom. The van der Waals surface area contributed by atoms with E-state index < -0.39 is 5.97 Å².